The maximum Gasteiger partial charge on any atom is 0.249 e. The molecule has 0 radical (unpaired) electrons. The van der Waals surface area contributed by atoms with E-state index in [9.17, 15) is 9.90 Å². The molecule has 0 heterocycles. The van der Waals surface area contributed by atoms with Crippen molar-refractivity contribution in [3.63, 3.8) is 0 Å². The molecule has 1 atom stereocenters. The van der Waals surface area contributed by atoms with Gasteiger partial charge in [-0.2, -0.15) is 0 Å². The Hall–Kier alpha value is -2.33. The van der Waals surface area contributed by atoms with Crippen molar-refractivity contribution in [3.05, 3.63) is 65.7 Å². The summed E-state index contributed by atoms with van der Waals surface area (Å²) >= 11 is 0. The first-order valence-electron chi connectivity index (χ1n) is 14.3. The molecule has 4 aliphatic rings. The van der Waals surface area contributed by atoms with Gasteiger partial charge in [0, 0.05) is 12.0 Å². The summed E-state index contributed by atoms with van der Waals surface area (Å²) in [5, 5.41) is 13.9. The first-order chi connectivity index (χ1) is 17.5. The van der Waals surface area contributed by atoms with Crippen LogP contribution in [0.3, 0.4) is 0 Å². The van der Waals surface area contributed by atoms with Crippen LogP contribution in [0, 0.1) is 28.6 Å². The maximum atomic E-state index is 13.0. The second kappa shape index (κ2) is 10.1. The zero-order valence-electron chi connectivity index (χ0n) is 23.1. The standard InChI is InChI=1S/C33H45NO3/c1-31(2,33-18-25-14-26(19-33)16-27(15-25)20-33)22-32(3,4)34-30(36)29(35)17-23-10-12-28(13-11-23)37-21-24-8-6-5-7-9-24/h5-13,25-27,29,35H,14-22H2,1-4H3,(H,34,36). The topological polar surface area (TPSA) is 58.6 Å². The van der Waals surface area contributed by atoms with E-state index in [4.69, 9.17) is 4.74 Å². The Morgan fingerprint density at radius 1 is 0.919 bits per heavy atom. The van der Waals surface area contributed by atoms with Crippen LogP contribution in [-0.2, 0) is 17.8 Å². The van der Waals surface area contributed by atoms with Crippen LogP contribution >= 0.6 is 0 Å². The number of benzene rings is 2. The van der Waals surface area contributed by atoms with Gasteiger partial charge in [-0.3, -0.25) is 4.79 Å². The smallest absolute Gasteiger partial charge is 0.249 e. The Balaban J connectivity index is 1.14. The number of hydrogen-bond acceptors (Lipinski definition) is 3. The summed E-state index contributed by atoms with van der Waals surface area (Å²) in [4.78, 5) is 13.0. The van der Waals surface area contributed by atoms with Gasteiger partial charge in [-0.15, -0.1) is 0 Å². The SMILES string of the molecule is CC(C)(CC(C)(C)C12CC3CC(CC(C3)C1)C2)NC(=O)C(O)Cc1ccc(OCc2ccccc2)cc1. The van der Waals surface area contributed by atoms with Gasteiger partial charge in [0.05, 0.1) is 0 Å². The number of nitrogens with one attached hydrogen (secondary N) is 1. The highest BCUT2D eigenvalue weighted by molar-refractivity contribution is 5.81. The fourth-order valence-electron chi connectivity index (χ4n) is 8.47. The fraction of sp³-hybridized carbons (Fsp3) is 0.606. The van der Waals surface area contributed by atoms with Crippen molar-refractivity contribution < 1.29 is 14.6 Å². The Bertz CT molecular complexity index is 1040. The van der Waals surface area contributed by atoms with Gasteiger partial charge in [0.25, 0.3) is 0 Å². The van der Waals surface area contributed by atoms with E-state index < -0.39 is 6.10 Å². The highest BCUT2D eigenvalue weighted by atomic mass is 16.5. The van der Waals surface area contributed by atoms with Gasteiger partial charge >= 0.3 is 0 Å². The van der Waals surface area contributed by atoms with Crippen molar-refractivity contribution in [1.82, 2.24) is 5.32 Å². The molecule has 1 unspecified atom stereocenters. The predicted molar refractivity (Wildman–Crippen MR) is 148 cm³/mol. The highest BCUT2D eigenvalue weighted by Gasteiger charge is 2.57. The first-order valence-corrected chi connectivity index (χ1v) is 14.3. The van der Waals surface area contributed by atoms with Crippen LogP contribution in [0.2, 0.25) is 0 Å². The van der Waals surface area contributed by atoms with Crippen LogP contribution in [0.1, 0.15) is 83.8 Å². The molecule has 4 aliphatic carbocycles. The summed E-state index contributed by atoms with van der Waals surface area (Å²) in [6.45, 7) is 9.63. The lowest BCUT2D eigenvalue weighted by atomic mass is 9.42. The molecule has 0 spiro atoms. The molecule has 0 aliphatic heterocycles. The van der Waals surface area contributed by atoms with Crippen molar-refractivity contribution in [1.29, 1.82) is 0 Å². The lowest BCUT2D eigenvalue weighted by molar-refractivity contribution is -0.137. The quantitative estimate of drug-likeness (QED) is 0.379. The molecule has 4 bridgehead atoms. The van der Waals surface area contributed by atoms with Gasteiger partial charge in [0.2, 0.25) is 5.91 Å². The Labute approximate surface area is 223 Å². The molecule has 0 aromatic heterocycles. The molecule has 2 aromatic carbocycles. The van der Waals surface area contributed by atoms with Crippen LogP contribution in [0.4, 0.5) is 0 Å². The van der Waals surface area contributed by atoms with E-state index in [1.54, 1.807) is 0 Å². The van der Waals surface area contributed by atoms with Crippen molar-refractivity contribution in [2.75, 3.05) is 0 Å². The maximum absolute atomic E-state index is 13.0. The number of aliphatic hydroxyl groups excluding tert-OH is 1. The Morgan fingerprint density at radius 2 is 1.49 bits per heavy atom. The number of rotatable bonds is 10. The van der Waals surface area contributed by atoms with Crippen LogP contribution in [0.15, 0.2) is 54.6 Å². The second-order valence-electron chi connectivity index (χ2n) is 13.8. The van der Waals surface area contributed by atoms with Crippen molar-refractivity contribution in [2.24, 2.45) is 28.6 Å². The van der Waals surface area contributed by atoms with Crippen molar-refractivity contribution in [3.8, 4) is 5.75 Å². The van der Waals surface area contributed by atoms with E-state index in [-0.39, 0.29) is 16.9 Å². The summed E-state index contributed by atoms with van der Waals surface area (Å²) in [5.41, 5.74) is 2.22. The van der Waals surface area contributed by atoms with Gasteiger partial charge in [-0.25, -0.2) is 0 Å². The molecule has 0 saturated heterocycles. The van der Waals surface area contributed by atoms with Gasteiger partial charge in [0.15, 0.2) is 0 Å². The molecule has 4 fully saturated rings. The monoisotopic (exact) mass is 503 g/mol. The summed E-state index contributed by atoms with van der Waals surface area (Å²) in [5.74, 6) is 3.25. The van der Waals surface area contributed by atoms with Gasteiger partial charge in [-0.1, -0.05) is 56.3 Å². The minimum absolute atomic E-state index is 0.153. The Morgan fingerprint density at radius 3 is 2.05 bits per heavy atom. The first kappa shape index (κ1) is 26.3. The van der Waals surface area contributed by atoms with E-state index in [2.05, 4.69) is 33.0 Å². The zero-order valence-corrected chi connectivity index (χ0v) is 23.1. The number of hydrogen-bond donors (Lipinski definition) is 2. The molecule has 200 valence electrons. The minimum atomic E-state index is -1.07. The van der Waals surface area contributed by atoms with Crippen LogP contribution in [0.5, 0.6) is 5.75 Å². The number of amides is 1. The molecule has 1 amide bonds. The summed E-state index contributed by atoms with van der Waals surface area (Å²) in [6.07, 6.45) is 8.58. The lowest BCUT2D eigenvalue weighted by Crippen LogP contribution is -2.57. The lowest BCUT2D eigenvalue weighted by Gasteiger charge is -2.63. The largest absolute Gasteiger partial charge is 0.489 e. The molecule has 4 nitrogen and oxygen atoms in total. The fourth-order valence-corrected chi connectivity index (χ4v) is 8.47. The molecule has 4 saturated carbocycles. The molecule has 4 heteroatoms. The number of ether oxygens (including phenoxy) is 1. The van der Waals surface area contributed by atoms with E-state index >= 15 is 0 Å². The molecule has 2 aromatic rings. The van der Waals surface area contributed by atoms with E-state index in [1.807, 2.05) is 54.6 Å². The van der Waals surface area contributed by atoms with E-state index in [0.29, 0.717) is 18.4 Å². The average molecular weight is 504 g/mol. The van der Waals surface area contributed by atoms with Gasteiger partial charge in [-0.05, 0) is 111 Å². The number of carbonyl (C=O) groups excluding carboxylic acids is 1. The van der Waals surface area contributed by atoms with Crippen LogP contribution in [0.25, 0.3) is 0 Å². The van der Waals surface area contributed by atoms with Crippen LogP contribution < -0.4 is 10.1 Å². The molecule has 2 N–H and O–H groups in total. The molecular weight excluding hydrogens is 458 g/mol. The number of carbonyl (C=O) groups is 1. The third-order valence-electron chi connectivity index (χ3n) is 9.72. The van der Waals surface area contributed by atoms with Crippen molar-refractivity contribution >= 4 is 5.91 Å². The minimum Gasteiger partial charge on any atom is -0.489 e. The van der Waals surface area contributed by atoms with E-state index in [1.165, 1.54) is 38.5 Å². The normalized spacial score (nSPS) is 27.6. The molecule has 37 heavy (non-hydrogen) atoms. The summed E-state index contributed by atoms with van der Waals surface area (Å²) < 4.78 is 5.86. The van der Waals surface area contributed by atoms with Gasteiger partial charge in [0.1, 0.15) is 18.5 Å². The highest BCUT2D eigenvalue weighted by Crippen LogP contribution is 2.67. The third-order valence-corrected chi connectivity index (χ3v) is 9.72. The van der Waals surface area contributed by atoms with E-state index in [0.717, 1.165) is 41.1 Å². The number of aliphatic hydroxyl groups is 1. The summed E-state index contributed by atoms with van der Waals surface area (Å²) in [7, 11) is 0. The molecule has 6 rings (SSSR count). The van der Waals surface area contributed by atoms with Gasteiger partial charge < -0.3 is 15.2 Å². The zero-order chi connectivity index (χ0) is 26.3. The third kappa shape index (κ3) is 5.90. The average Bonchev–Trinajstić information content (AvgIpc) is 2.82. The predicted octanol–water partition coefficient (Wildman–Crippen LogP) is 6.70. The van der Waals surface area contributed by atoms with Crippen LogP contribution in [-0.4, -0.2) is 22.7 Å². The van der Waals surface area contributed by atoms with Crippen molar-refractivity contribution in [2.45, 2.75) is 97.3 Å². The Kier molecular flexibility index (Phi) is 7.17. The second-order valence-corrected chi connectivity index (χ2v) is 13.8. The molecular formula is C33H45NO3. The summed E-state index contributed by atoms with van der Waals surface area (Å²) in [6, 6.07) is 17.7.